The van der Waals surface area contributed by atoms with Gasteiger partial charge in [0.2, 0.25) is 0 Å². The molecule has 0 atom stereocenters. The van der Waals surface area contributed by atoms with Gasteiger partial charge in [-0.1, -0.05) is 11.6 Å². The Balaban J connectivity index is 2.27. The lowest BCUT2D eigenvalue weighted by Gasteiger charge is -2.35. The molecular formula is C15H21ClN2O3. The van der Waals surface area contributed by atoms with Crippen LogP contribution in [0.2, 0.25) is 5.02 Å². The van der Waals surface area contributed by atoms with Crippen molar-refractivity contribution in [1.29, 1.82) is 0 Å². The van der Waals surface area contributed by atoms with Crippen molar-refractivity contribution in [3.05, 3.63) is 23.0 Å². The number of hydrogen-bond acceptors (Lipinski definition) is 2. The molecule has 0 aliphatic heterocycles. The minimum Gasteiger partial charge on any atom is -0.481 e. The van der Waals surface area contributed by atoms with Gasteiger partial charge in [-0.15, -0.1) is 0 Å². The van der Waals surface area contributed by atoms with E-state index in [0.29, 0.717) is 16.8 Å². The second kappa shape index (κ2) is 5.72. The van der Waals surface area contributed by atoms with Crippen molar-refractivity contribution >= 4 is 23.5 Å². The van der Waals surface area contributed by atoms with E-state index >= 15 is 0 Å². The molecule has 0 spiro atoms. The highest BCUT2D eigenvalue weighted by Gasteiger charge is 2.33. The third-order valence-electron chi connectivity index (χ3n) is 3.58. The Morgan fingerprint density at radius 3 is 2.52 bits per heavy atom. The maximum Gasteiger partial charge on any atom is 0.305 e. The number of aliphatic carboxylic acids is 1. The van der Waals surface area contributed by atoms with E-state index in [1.165, 1.54) is 0 Å². The van der Waals surface area contributed by atoms with Crippen LogP contribution in [0.5, 0.6) is 0 Å². The fourth-order valence-corrected chi connectivity index (χ4v) is 2.57. The van der Waals surface area contributed by atoms with Crippen LogP contribution in [-0.4, -0.2) is 38.5 Å². The van der Waals surface area contributed by atoms with E-state index in [1.807, 2.05) is 25.3 Å². The maximum absolute atomic E-state index is 12.8. The summed E-state index contributed by atoms with van der Waals surface area (Å²) in [6.07, 6.45) is 3.82. The summed E-state index contributed by atoms with van der Waals surface area (Å²) in [7, 11) is 0. The van der Waals surface area contributed by atoms with Gasteiger partial charge in [0, 0.05) is 24.3 Å². The Hall–Kier alpha value is -1.49. The van der Waals surface area contributed by atoms with Gasteiger partial charge in [-0.25, -0.2) is 0 Å². The number of rotatable bonds is 5. The first-order chi connectivity index (χ1) is 9.70. The normalized spacial score (nSPS) is 15.0. The fourth-order valence-electron chi connectivity index (χ4n) is 2.36. The SMILES string of the molecule is CC(C)(C)N(CCC(=O)O)C(=O)c1cc(Cl)cn1C1CC1. The van der Waals surface area contributed by atoms with Gasteiger partial charge in [-0.05, 0) is 39.7 Å². The Morgan fingerprint density at radius 2 is 2.05 bits per heavy atom. The summed E-state index contributed by atoms with van der Waals surface area (Å²) in [5.41, 5.74) is 0.0975. The molecule has 1 aliphatic carbocycles. The maximum atomic E-state index is 12.8. The first-order valence-electron chi connectivity index (χ1n) is 7.11. The van der Waals surface area contributed by atoms with Crippen molar-refractivity contribution in [3.8, 4) is 0 Å². The van der Waals surface area contributed by atoms with Crippen molar-refractivity contribution in [3.63, 3.8) is 0 Å². The zero-order valence-corrected chi connectivity index (χ0v) is 13.4. The number of halogens is 1. The predicted octanol–water partition coefficient (Wildman–Crippen LogP) is 3.19. The number of carbonyl (C=O) groups is 2. The molecule has 2 rings (SSSR count). The largest absolute Gasteiger partial charge is 0.481 e. The molecule has 0 saturated heterocycles. The quantitative estimate of drug-likeness (QED) is 0.908. The molecule has 6 heteroatoms. The Bertz CT molecular complexity index is 556. The molecule has 0 aromatic carbocycles. The molecule has 1 fully saturated rings. The lowest BCUT2D eigenvalue weighted by Crippen LogP contribution is -2.47. The number of carbonyl (C=O) groups excluding carboxylic acids is 1. The van der Waals surface area contributed by atoms with Crippen LogP contribution in [0.25, 0.3) is 0 Å². The van der Waals surface area contributed by atoms with Gasteiger partial charge in [-0.3, -0.25) is 9.59 Å². The molecule has 1 N–H and O–H groups in total. The highest BCUT2D eigenvalue weighted by Crippen LogP contribution is 2.38. The van der Waals surface area contributed by atoms with Crippen molar-refractivity contribution in [1.82, 2.24) is 9.47 Å². The molecule has 1 saturated carbocycles. The summed E-state index contributed by atoms with van der Waals surface area (Å²) in [6, 6.07) is 2.01. The van der Waals surface area contributed by atoms with E-state index in [1.54, 1.807) is 17.2 Å². The van der Waals surface area contributed by atoms with Gasteiger partial charge in [0.1, 0.15) is 5.69 Å². The molecule has 1 heterocycles. The molecule has 21 heavy (non-hydrogen) atoms. The number of carboxylic acid groups (broad SMARTS) is 1. The smallest absolute Gasteiger partial charge is 0.305 e. The Labute approximate surface area is 129 Å². The average Bonchev–Trinajstić information content (AvgIpc) is 3.10. The molecule has 116 valence electrons. The monoisotopic (exact) mass is 312 g/mol. The van der Waals surface area contributed by atoms with Crippen LogP contribution in [0, 0.1) is 0 Å². The highest BCUT2D eigenvalue weighted by molar-refractivity contribution is 6.31. The van der Waals surface area contributed by atoms with Crippen molar-refractivity contribution in [2.24, 2.45) is 0 Å². The zero-order chi connectivity index (χ0) is 15.8. The molecular weight excluding hydrogens is 292 g/mol. The van der Waals surface area contributed by atoms with Crippen molar-refractivity contribution < 1.29 is 14.7 Å². The van der Waals surface area contributed by atoms with Crippen molar-refractivity contribution in [2.45, 2.75) is 51.6 Å². The second-order valence-electron chi connectivity index (χ2n) is 6.45. The standard InChI is InChI=1S/C15H21ClN2O3/c1-15(2,3)18(7-6-13(19)20)14(21)12-8-10(16)9-17(12)11-4-5-11/h8-9,11H,4-7H2,1-3H3,(H,19,20). The third-order valence-corrected chi connectivity index (χ3v) is 3.79. The topological polar surface area (TPSA) is 62.5 Å². The average molecular weight is 313 g/mol. The lowest BCUT2D eigenvalue weighted by molar-refractivity contribution is -0.137. The first kappa shape index (κ1) is 15.9. The molecule has 0 unspecified atom stereocenters. The van der Waals surface area contributed by atoms with E-state index in [0.717, 1.165) is 12.8 Å². The van der Waals surface area contributed by atoms with E-state index in [9.17, 15) is 9.59 Å². The molecule has 0 radical (unpaired) electrons. The number of carboxylic acids is 1. The first-order valence-corrected chi connectivity index (χ1v) is 7.49. The van der Waals surface area contributed by atoms with Crippen LogP contribution in [0.4, 0.5) is 0 Å². The van der Waals surface area contributed by atoms with Gasteiger partial charge in [0.05, 0.1) is 11.4 Å². The lowest BCUT2D eigenvalue weighted by atomic mass is 10.0. The summed E-state index contributed by atoms with van der Waals surface area (Å²) in [5.74, 6) is -1.07. The summed E-state index contributed by atoms with van der Waals surface area (Å²) in [6.45, 7) is 5.89. The van der Waals surface area contributed by atoms with Gasteiger partial charge in [0.25, 0.3) is 5.91 Å². The van der Waals surface area contributed by atoms with Crippen LogP contribution in [-0.2, 0) is 4.79 Å². The van der Waals surface area contributed by atoms with Crippen LogP contribution in [0.3, 0.4) is 0 Å². The predicted molar refractivity (Wildman–Crippen MR) is 80.8 cm³/mol. The van der Waals surface area contributed by atoms with E-state index < -0.39 is 11.5 Å². The van der Waals surface area contributed by atoms with Crippen LogP contribution in [0.1, 0.15) is 56.6 Å². The number of nitrogens with zero attached hydrogens (tertiary/aromatic N) is 2. The van der Waals surface area contributed by atoms with Gasteiger partial charge < -0.3 is 14.6 Å². The van der Waals surface area contributed by atoms with Crippen LogP contribution < -0.4 is 0 Å². The molecule has 1 amide bonds. The van der Waals surface area contributed by atoms with Gasteiger partial charge in [0.15, 0.2) is 0 Å². The zero-order valence-electron chi connectivity index (χ0n) is 12.6. The number of amides is 1. The van der Waals surface area contributed by atoms with Crippen LogP contribution >= 0.6 is 11.6 Å². The molecule has 1 aromatic heterocycles. The van der Waals surface area contributed by atoms with Crippen LogP contribution in [0.15, 0.2) is 12.3 Å². The minimum atomic E-state index is -0.910. The van der Waals surface area contributed by atoms with Gasteiger partial charge in [-0.2, -0.15) is 0 Å². The summed E-state index contributed by atoms with van der Waals surface area (Å²) < 4.78 is 1.92. The molecule has 5 nitrogen and oxygen atoms in total. The van der Waals surface area contributed by atoms with Crippen molar-refractivity contribution in [2.75, 3.05) is 6.54 Å². The van der Waals surface area contributed by atoms with E-state index in [4.69, 9.17) is 16.7 Å². The summed E-state index contributed by atoms with van der Waals surface area (Å²) in [5, 5.41) is 9.41. The number of hydrogen-bond donors (Lipinski definition) is 1. The Kier molecular flexibility index (Phi) is 4.33. The fraction of sp³-hybridized carbons (Fsp3) is 0.600. The van der Waals surface area contributed by atoms with Gasteiger partial charge >= 0.3 is 5.97 Å². The van der Waals surface area contributed by atoms with E-state index in [2.05, 4.69) is 0 Å². The second-order valence-corrected chi connectivity index (χ2v) is 6.89. The minimum absolute atomic E-state index is 0.0686. The Morgan fingerprint density at radius 1 is 1.43 bits per heavy atom. The third kappa shape index (κ3) is 3.79. The molecule has 1 aliphatic rings. The summed E-state index contributed by atoms with van der Waals surface area (Å²) in [4.78, 5) is 25.2. The highest BCUT2D eigenvalue weighted by atomic mass is 35.5. The molecule has 0 bridgehead atoms. The summed E-state index contributed by atoms with van der Waals surface area (Å²) >= 11 is 6.04. The molecule has 1 aromatic rings. The number of aromatic nitrogens is 1. The van der Waals surface area contributed by atoms with E-state index in [-0.39, 0.29) is 18.9 Å².